The molecule has 0 aliphatic rings. The van der Waals surface area contributed by atoms with Crippen molar-refractivity contribution in [2.75, 3.05) is 26.4 Å². The molecule has 260 valence electrons. The fourth-order valence-corrected chi connectivity index (χ4v) is 6.32. The lowest BCUT2D eigenvalue weighted by atomic mass is 9.62. The molecule has 0 aromatic rings. The van der Waals surface area contributed by atoms with Crippen molar-refractivity contribution in [2.24, 2.45) is 28.3 Å². The van der Waals surface area contributed by atoms with E-state index in [4.69, 9.17) is 41.9 Å². The first-order chi connectivity index (χ1) is 18.9. The van der Waals surface area contributed by atoms with Crippen molar-refractivity contribution in [3.8, 4) is 0 Å². The van der Waals surface area contributed by atoms with Crippen molar-refractivity contribution in [2.45, 2.75) is 194 Å². The molecule has 0 aromatic carbocycles. The van der Waals surface area contributed by atoms with Gasteiger partial charge in [-0.05, 0) is 154 Å². The minimum atomic E-state index is -0.437. The van der Waals surface area contributed by atoms with Gasteiger partial charge in [-0.2, -0.15) is 0 Å². The third kappa shape index (κ3) is 22.8. The van der Waals surface area contributed by atoms with E-state index >= 15 is 0 Å². The Hall–Kier alpha value is -0.320. The molecular weight excluding hydrogens is 540 g/mol. The van der Waals surface area contributed by atoms with Crippen LogP contribution in [0.5, 0.6) is 0 Å². The van der Waals surface area contributed by atoms with Crippen LogP contribution in [0.4, 0.5) is 0 Å². The fourth-order valence-electron chi connectivity index (χ4n) is 6.32. The smallest absolute Gasteiger partial charge is 0.0632 e. The predicted molar refractivity (Wildman–Crippen MR) is 183 cm³/mol. The van der Waals surface area contributed by atoms with Gasteiger partial charge in [0.2, 0.25) is 0 Å². The second kappa shape index (κ2) is 16.0. The molecule has 0 spiro atoms. The van der Waals surface area contributed by atoms with E-state index in [1.54, 1.807) is 0 Å². The van der Waals surface area contributed by atoms with E-state index in [9.17, 15) is 0 Å². The second-order valence-electron chi connectivity index (χ2n) is 18.3. The molecule has 0 aliphatic carbocycles. The van der Waals surface area contributed by atoms with Crippen LogP contribution in [-0.4, -0.2) is 71.5 Å². The van der Waals surface area contributed by atoms with Crippen LogP contribution in [0.1, 0.15) is 149 Å². The monoisotopic (exact) mass is 617 g/mol. The Kier molecular flexibility index (Phi) is 15.9. The van der Waals surface area contributed by atoms with Crippen LogP contribution in [-0.2, 0) is 18.9 Å². The zero-order valence-electron chi connectivity index (χ0n) is 31.3. The molecule has 0 heterocycles. The molecule has 0 saturated carbocycles. The van der Waals surface area contributed by atoms with Gasteiger partial charge >= 0.3 is 0 Å². The third-order valence-corrected chi connectivity index (χ3v) is 7.66. The van der Waals surface area contributed by atoms with Gasteiger partial charge in [0, 0.05) is 42.5 Å². The molecule has 0 amide bonds. The molecule has 1 atom stereocenters. The SMILES string of the molecule is CC(N)COC(C)(C)CC(CC(C)(C)OCCC(C)(C)N)(CC(C)(C)OCCC(C)(C)N)CC(C)(C)OCCC(C)(C)N. The van der Waals surface area contributed by atoms with Gasteiger partial charge in [0.15, 0.2) is 0 Å². The third-order valence-electron chi connectivity index (χ3n) is 7.66. The van der Waals surface area contributed by atoms with Crippen LogP contribution in [0.15, 0.2) is 0 Å². The van der Waals surface area contributed by atoms with E-state index in [2.05, 4.69) is 55.4 Å². The number of nitrogens with two attached hydrogens (primary N) is 4. The molecule has 0 aliphatic heterocycles. The molecule has 1 unspecified atom stereocenters. The Morgan fingerprint density at radius 2 is 0.674 bits per heavy atom. The summed E-state index contributed by atoms with van der Waals surface area (Å²) >= 11 is 0. The molecule has 0 aromatic heterocycles. The molecule has 0 radical (unpaired) electrons. The van der Waals surface area contributed by atoms with Crippen molar-refractivity contribution in [1.29, 1.82) is 0 Å². The highest BCUT2D eigenvalue weighted by Crippen LogP contribution is 2.50. The summed E-state index contributed by atoms with van der Waals surface area (Å²) < 4.78 is 26.3. The van der Waals surface area contributed by atoms with Gasteiger partial charge in [-0.25, -0.2) is 0 Å². The minimum Gasteiger partial charge on any atom is -0.375 e. The average molecular weight is 617 g/mol. The maximum Gasteiger partial charge on any atom is 0.0632 e. The Labute approximate surface area is 267 Å². The summed E-state index contributed by atoms with van der Waals surface area (Å²) in [6.07, 6.45) is 5.49. The van der Waals surface area contributed by atoms with E-state index in [0.29, 0.717) is 26.4 Å². The van der Waals surface area contributed by atoms with Crippen molar-refractivity contribution in [3.63, 3.8) is 0 Å². The quantitative estimate of drug-likeness (QED) is 0.103. The summed E-state index contributed by atoms with van der Waals surface area (Å²) in [5.74, 6) is 0. The molecular formula is C35H76N4O4. The van der Waals surface area contributed by atoms with Crippen molar-refractivity contribution >= 4 is 0 Å². The van der Waals surface area contributed by atoms with Crippen LogP contribution >= 0.6 is 0 Å². The van der Waals surface area contributed by atoms with Gasteiger partial charge in [0.05, 0.1) is 29.0 Å². The summed E-state index contributed by atoms with van der Waals surface area (Å²) in [6, 6.07) is -0.0492. The zero-order chi connectivity index (χ0) is 34.2. The first kappa shape index (κ1) is 42.7. The first-order valence-electron chi connectivity index (χ1n) is 16.5. The number of rotatable bonds is 23. The molecule has 0 bridgehead atoms. The van der Waals surface area contributed by atoms with Gasteiger partial charge in [-0.3, -0.25) is 0 Å². The molecule has 0 rings (SSSR count). The Balaban J connectivity index is 6.61. The summed E-state index contributed by atoms with van der Waals surface area (Å²) in [4.78, 5) is 0. The highest BCUT2D eigenvalue weighted by Gasteiger charge is 2.48. The van der Waals surface area contributed by atoms with Crippen LogP contribution in [0.3, 0.4) is 0 Å². The van der Waals surface area contributed by atoms with Crippen molar-refractivity contribution < 1.29 is 18.9 Å². The van der Waals surface area contributed by atoms with Gasteiger partial charge < -0.3 is 41.9 Å². The molecule has 0 saturated heterocycles. The van der Waals surface area contributed by atoms with Crippen LogP contribution in [0.2, 0.25) is 0 Å². The molecule has 8 heteroatoms. The normalized spacial score (nSPS) is 15.7. The van der Waals surface area contributed by atoms with E-state index in [1.165, 1.54) is 0 Å². The maximum absolute atomic E-state index is 6.60. The second-order valence-corrected chi connectivity index (χ2v) is 18.3. The Morgan fingerprint density at radius 1 is 0.442 bits per heavy atom. The largest absolute Gasteiger partial charge is 0.375 e. The van der Waals surface area contributed by atoms with Crippen LogP contribution in [0, 0.1) is 5.41 Å². The van der Waals surface area contributed by atoms with Gasteiger partial charge in [-0.1, -0.05) is 0 Å². The van der Waals surface area contributed by atoms with Crippen LogP contribution in [0.25, 0.3) is 0 Å². The summed E-state index contributed by atoms with van der Waals surface area (Å²) in [5, 5.41) is 0. The summed E-state index contributed by atoms with van der Waals surface area (Å²) in [5.41, 5.74) is 22.2. The fraction of sp³-hybridized carbons (Fsp3) is 1.00. The number of ether oxygens (including phenoxy) is 4. The molecule has 8 N–H and O–H groups in total. The lowest BCUT2D eigenvalue weighted by Gasteiger charge is -2.50. The topological polar surface area (TPSA) is 141 Å². The summed E-state index contributed by atoms with van der Waals surface area (Å²) in [6.45, 7) is 34.0. The minimum absolute atomic E-state index is 0.0492. The average Bonchev–Trinajstić information content (AvgIpc) is 2.66. The summed E-state index contributed by atoms with van der Waals surface area (Å²) in [7, 11) is 0. The van der Waals surface area contributed by atoms with E-state index in [-0.39, 0.29) is 28.1 Å². The lowest BCUT2D eigenvalue weighted by Crippen LogP contribution is -2.49. The van der Waals surface area contributed by atoms with Crippen molar-refractivity contribution in [1.82, 2.24) is 0 Å². The maximum atomic E-state index is 6.60. The molecule has 43 heavy (non-hydrogen) atoms. The lowest BCUT2D eigenvalue weighted by molar-refractivity contribution is -0.146. The highest BCUT2D eigenvalue weighted by atomic mass is 16.5. The zero-order valence-corrected chi connectivity index (χ0v) is 31.3. The van der Waals surface area contributed by atoms with Gasteiger partial charge in [0.25, 0.3) is 0 Å². The van der Waals surface area contributed by atoms with Crippen LogP contribution < -0.4 is 22.9 Å². The Bertz CT molecular complexity index is 704. The van der Waals surface area contributed by atoms with E-state index < -0.39 is 22.4 Å². The van der Waals surface area contributed by atoms with Gasteiger partial charge in [0.1, 0.15) is 0 Å². The first-order valence-corrected chi connectivity index (χ1v) is 16.5. The molecule has 0 fully saturated rings. The van der Waals surface area contributed by atoms with E-state index in [1.807, 2.05) is 48.5 Å². The van der Waals surface area contributed by atoms with Gasteiger partial charge in [-0.15, -0.1) is 0 Å². The number of hydrogen-bond acceptors (Lipinski definition) is 8. The van der Waals surface area contributed by atoms with E-state index in [0.717, 1.165) is 44.9 Å². The van der Waals surface area contributed by atoms with Crippen molar-refractivity contribution in [3.05, 3.63) is 0 Å². The highest BCUT2D eigenvalue weighted by molar-refractivity contribution is 4.99. The standard InChI is InChI=1S/C35H76N4O4/c1-27(36)22-43-34(14,15)26-35(23-31(8,9)40-19-16-28(2,3)37,24-32(10,11)41-20-17-29(4,5)38)25-33(12,13)42-21-18-30(6,7)39/h27H,16-26,36-39H2,1-15H3. The molecule has 8 nitrogen and oxygen atoms in total. The number of hydrogen-bond donors (Lipinski definition) is 4. The predicted octanol–water partition coefficient (Wildman–Crippen LogP) is 6.44. The Morgan fingerprint density at radius 3 is 0.884 bits per heavy atom.